The highest BCUT2D eigenvalue weighted by molar-refractivity contribution is 5.18. The van der Waals surface area contributed by atoms with E-state index in [1.807, 2.05) is 12.1 Å². The van der Waals surface area contributed by atoms with Crippen LogP contribution in [0.4, 0.5) is 4.39 Å². The molecule has 0 aromatic heterocycles. The molecular formula is C16H24FN3. The zero-order valence-corrected chi connectivity index (χ0v) is 12.2. The van der Waals surface area contributed by atoms with E-state index in [1.165, 1.54) is 0 Å². The summed E-state index contributed by atoms with van der Waals surface area (Å²) in [5, 5.41) is 3.33. The summed E-state index contributed by atoms with van der Waals surface area (Å²) in [7, 11) is 0. The summed E-state index contributed by atoms with van der Waals surface area (Å²) < 4.78 is 13.7. The summed E-state index contributed by atoms with van der Waals surface area (Å²) in [4.78, 5) is 5.08. The standard InChI is InChI=1S/C16H24FN3/c1-13(10-14-4-2-3-5-16(14)17)19-6-8-20(9-7-19)15-11-18-12-15/h2-5,13,15,18H,6-12H2,1H3. The molecule has 1 N–H and O–H groups in total. The normalized spacial score (nSPS) is 23.5. The van der Waals surface area contributed by atoms with E-state index in [2.05, 4.69) is 22.0 Å². The van der Waals surface area contributed by atoms with Crippen LogP contribution in [-0.4, -0.2) is 61.2 Å². The summed E-state index contributed by atoms with van der Waals surface area (Å²) in [5.41, 5.74) is 0.839. The highest BCUT2D eigenvalue weighted by Crippen LogP contribution is 2.16. The van der Waals surface area contributed by atoms with Gasteiger partial charge in [0, 0.05) is 51.4 Å². The first-order valence-corrected chi connectivity index (χ1v) is 7.66. The van der Waals surface area contributed by atoms with Crippen LogP contribution in [0.3, 0.4) is 0 Å². The molecule has 0 spiro atoms. The Balaban J connectivity index is 1.51. The quantitative estimate of drug-likeness (QED) is 0.896. The van der Waals surface area contributed by atoms with Crippen LogP contribution in [0.15, 0.2) is 24.3 Å². The van der Waals surface area contributed by atoms with E-state index >= 15 is 0 Å². The van der Waals surface area contributed by atoms with Crippen molar-refractivity contribution in [3.63, 3.8) is 0 Å². The molecule has 1 unspecified atom stereocenters. The molecule has 0 aliphatic carbocycles. The second-order valence-corrected chi connectivity index (χ2v) is 6.03. The van der Waals surface area contributed by atoms with Gasteiger partial charge in [0.25, 0.3) is 0 Å². The summed E-state index contributed by atoms with van der Waals surface area (Å²) in [6, 6.07) is 8.31. The molecule has 0 amide bonds. The van der Waals surface area contributed by atoms with E-state index in [0.717, 1.165) is 57.3 Å². The Kier molecular flexibility index (Phi) is 4.34. The van der Waals surface area contributed by atoms with E-state index in [9.17, 15) is 4.39 Å². The van der Waals surface area contributed by atoms with Crippen molar-refractivity contribution in [3.8, 4) is 0 Å². The van der Waals surface area contributed by atoms with Crippen LogP contribution in [0, 0.1) is 5.82 Å². The Bertz CT molecular complexity index is 439. The molecule has 0 bridgehead atoms. The smallest absolute Gasteiger partial charge is 0.126 e. The molecule has 2 fully saturated rings. The lowest BCUT2D eigenvalue weighted by molar-refractivity contribution is 0.0553. The van der Waals surface area contributed by atoms with Crippen LogP contribution in [0.1, 0.15) is 12.5 Å². The van der Waals surface area contributed by atoms with Gasteiger partial charge in [-0.15, -0.1) is 0 Å². The van der Waals surface area contributed by atoms with Crippen molar-refractivity contribution < 1.29 is 4.39 Å². The number of piperazine rings is 1. The van der Waals surface area contributed by atoms with Crippen LogP contribution >= 0.6 is 0 Å². The number of benzene rings is 1. The third kappa shape index (κ3) is 3.03. The van der Waals surface area contributed by atoms with Gasteiger partial charge in [-0.2, -0.15) is 0 Å². The van der Waals surface area contributed by atoms with Crippen molar-refractivity contribution in [3.05, 3.63) is 35.6 Å². The van der Waals surface area contributed by atoms with Gasteiger partial charge in [0.2, 0.25) is 0 Å². The Morgan fingerprint density at radius 1 is 1.20 bits per heavy atom. The minimum atomic E-state index is -0.0708. The number of rotatable bonds is 4. The number of nitrogens with zero attached hydrogens (tertiary/aromatic N) is 2. The summed E-state index contributed by atoms with van der Waals surface area (Å²) >= 11 is 0. The molecule has 4 heteroatoms. The highest BCUT2D eigenvalue weighted by Gasteiger charge is 2.29. The fourth-order valence-electron chi connectivity index (χ4n) is 3.19. The third-order valence-electron chi connectivity index (χ3n) is 4.72. The van der Waals surface area contributed by atoms with Crippen molar-refractivity contribution in [2.24, 2.45) is 0 Å². The number of halogens is 1. The van der Waals surface area contributed by atoms with E-state index < -0.39 is 0 Å². The molecule has 1 aromatic carbocycles. The highest BCUT2D eigenvalue weighted by atomic mass is 19.1. The van der Waals surface area contributed by atoms with Crippen LogP contribution in [-0.2, 0) is 6.42 Å². The van der Waals surface area contributed by atoms with E-state index in [0.29, 0.717) is 6.04 Å². The van der Waals surface area contributed by atoms with Crippen LogP contribution in [0.25, 0.3) is 0 Å². The van der Waals surface area contributed by atoms with Gasteiger partial charge in [0.1, 0.15) is 5.82 Å². The Hall–Kier alpha value is -0.970. The van der Waals surface area contributed by atoms with Crippen LogP contribution < -0.4 is 5.32 Å². The van der Waals surface area contributed by atoms with Crippen molar-refractivity contribution in [2.45, 2.75) is 25.4 Å². The minimum absolute atomic E-state index is 0.0708. The lowest BCUT2D eigenvalue weighted by Gasteiger charge is -2.44. The van der Waals surface area contributed by atoms with Crippen molar-refractivity contribution in [1.29, 1.82) is 0 Å². The zero-order valence-electron chi connectivity index (χ0n) is 12.2. The summed E-state index contributed by atoms with van der Waals surface area (Å²) in [6.45, 7) is 9.00. The maximum atomic E-state index is 13.7. The molecule has 3 rings (SSSR count). The first kappa shape index (κ1) is 14.0. The van der Waals surface area contributed by atoms with Gasteiger partial charge in [-0.1, -0.05) is 18.2 Å². The number of hydrogen-bond acceptors (Lipinski definition) is 3. The lowest BCUT2D eigenvalue weighted by atomic mass is 10.0. The molecule has 2 saturated heterocycles. The average molecular weight is 277 g/mol. The molecular weight excluding hydrogens is 253 g/mol. The first-order valence-electron chi connectivity index (χ1n) is 7.66. The van der Waals surface area contributed by atoms with Gasteiger partial charge in [-0.3, -0.25) is 9.80 Å². The Morgan fingerprint density at radius 3 is 2.50 bits per heavy atom. The topological polar surface area (TPSA) is 18.5 Å². The predicted octanol–water partition coefficient (Wildman–Crippen LogP) is 1.35. The van der Waals surface area contributed by atoms with E-state index in [1.54, 1.807) is 12.1 Å². The Labute approximate surface area is 120 Å². The molecule has 3 nitrogen and oxygen atoms in total. The van der Waals surface area contributed by atoms with E-state index in [4.69, 9.17) is 0 Å². The van der Waals surface area contributed by atoms with Crippen molar-refractivity contribution in [1.82, 2.24) is 15.1 Å². The molecule has 0 saturated carbocycles. The van der Waals surface area contributed by atoms with Gasteiger partial charge >= 0.3 is 0 Å². The van der Waals surface area contributed by atoms with Gasteiger partial charge in [-0.05, 0) is 25.0 Å². The molecule has 2 aliphatic rings. The minimum Gasteiger partial charge on any atom is -0.314 e. The number of nitrogens with one attached hydrogen (secondary N) is 1. The largest absolute Gasteiger partial charge is 0.314 e. The second kappa shape index (κ2) is 6.20. The van der Waals surface area contributed by atoms with Gasteiger partial charge < -0.3 is 5.32 Å². The molecule has 110 valence electrons. The lowest BCUT2D eigenvalue weighted by Crippen LogP contribution is -2.62. The van der Waals surface area contributed by atoms with Crippen molar-refractivity contribution in [2.75, 3.05) is 39.3 Å². The van der Waals surface area contributed by atoms with Gasteiger partial charge in [0.05, 0.1) is 0 Å². The summed E-state index contributed by atoms with van der Waals surface area (Å²) in [6.07, 6.45) is 0.803. The monoisotopic (exact) mass is 277 g/mol. The molecule has 1 atom stereocenters. The van der Waals surface area contributed by atoms with Gasteiger partial charge in [0.15, 0.2) is 0 Å². The van der Waals surface area contributed by atoms with Crippen molar-refractivity contribution >= 4 is 0 Å². The van der Waals surface area contributed by atoms with Crippen LogP contribution in [0.2, 0.25) is 0 Å². The first-order chi connectivity index (χ1) is 9.74. The van der Waals surface area contributed by atoms with Crippen LogP contribution in [0.5, 0.6) is 0 Å². The predicted molar refractivity (Wildman–Crippen MR) is 79.4 cm³/mol. The molecule has 0 radical (unpaired) electrons. The third-order valence-corrected chi connectivity index (χ3v) is 4.72. The maximum Gasteiger partial charge on any atom is 0.126 e. The fraction of sp³-hybridized carbons (Fsp3) is 0.625. The average Bonchev–Trinajstić information content (AvgIpc) is 2.40. The molecule has 1 aromatic rings. The Morgan fingerprint density at radius 2 is 1.90 bits per heavy atom. The molecule has 2 aliphatic heterocycles. The molecule has 2 heterocycles. The number of hydrogen-bond donors (Lipinski definition) is 1. The fourth-order valence-corrected chi connectivity index (χ4v) is 3.19. The maximum absolute atomic E-state index is 13.7. The SMILES string of the molecule is CC(Cc1ccccc1F)N1CCN(C2CNC2)CC1. The zero-order chi connectivity index (χ0) is 13.9. The summed E-state index contributed by atoms with van der Waals surface area (Å²) in [5.74, 6) is -0.0708. The molecule has 20 heavy (non-hydrogen) atoms. The van der Waals surface area contributed by atoms with Gasteiger partial charge in [-0.25, -0.2) is 4.39 Å². The second-order valence-electron chi connectivity index (χ2n) is 6.03. The van der Waals surface area contributed by atoms with E-state index in [-0.39, 0.29) is 5.82 Å².